The summed E-state index contributed by atoms with van der Waals surface area (Å²) >= 11 is 18.6. The van der Waals surface area contributed by atoms with Gasteiger partial charge in [0.2, 0.25) is 11.8 Å². The summed E-state index contributed by atoms with van der Waals surface area (Å²) in [4.78, 5) is 28.2. The molecule has 0 saturated carbocycles. The van der Waals surface area contributed by atoms with Crippen molar-refractivity contribution >= 4 is 62.3 Å². The highest BCUT2D eigenvalue weighted by Gasteiger charge is 2.37. The molecule has 44 heavy (non-hydrogen) atoms. The van der Waals surface area contributed by atoms with Crippen LogP contribution in [-0.2, 0) is 32.3 Å². The summed E-state index contributed by atoms with van der Waals surface area (Å²) < 4.78 is 69.9. The number of amides is 2. The molecule has 0 bridgehead atoms. The molecule has 0 aliphatic rings. The van der Waals surface area contributed by atoms with Gasteiger partial charge in [-0.15, -0.1) is 0 Å². The predicted octanol–water partition coefficient (Wildman–Crippen LogP) is 7.50. The summed E-state index contributed by atoms with van der Waals surface area (Å²) in [6, 6.07) is 11.5. The Hall–Kier alpha value is -2.99. The molecule has 1 atom stereocenters. The van der Waals surface area contributed by atoms with Crippen LogP contribution < -0.4 is 9.62 Å². The van der Waals surface area contributed by atoms with E-state index in [9.17, 15) is 31.2 Å². The van der Waals surface area contributed by atoms with E-state index in [-0.39, 0.29) is 33.9 Å². The first-order valence-electron chi connectivity index (χ1n) is 13.5. The minimum Gasteiger partial charge on any atom is -0.352 e. The van der Waals surface area contributed by atoms with Crippen LogP contribution in [0.5, 0.6) is 0 Å². The second kappa shape index (κ2) is 14.4. The number of halogens is 6. The maximum Gasteiger partial charge on any atom is 0.417 e. The molecule has 0 aliphatic heterocycles. The lowest BCUT2D eigenvalue weighted by atomic mass is 10.1. The number of carbonyl (C=O) groups excluding carboxylic acids is 2. The first kappa shape index (κ1) is 35.5. The minimum atomic E-state index is -4.91. The van der Waals surface area contributed by atoms with Gasteiger partial charge in [-0.25, -0.2) is 8.42 Å². The molecule has 2 amide bonds. The molecule has 14 heteroatoms. The number of alkyl halides is 3. The Bertz CT molecular complexity index is 1600. The van der Waals surface area contributed by atoms with E-state index in [0.717, 1.165) is 22.6 Å². The SMILES string of the molecule is CC[C@H](C(=O)NC(C)C)N(Cc1c(Cl)cccc1Cl)C(=O)CN(c1ccc(Cl)c(C(F)(F)F)c1)S(=O)(=O)c1ccc(C)cc1. The van der Waals surface area contributed by atoms with Crippen LogP contribution in [0.2, 0.25) is 15.1 Å². The van der Waals surface area contributed by atoms with Crippen molar-refractivity contribution in [3.05, 3.63) is 92.4 Å². The number of carbonyl (C=O) groups is 2. The third-order valence-corrected chi connectivity index (χ3v) is 9.46. The van der Waals surface area contributed by atoms with E-state index in [1.807, 2.05) is 0 Å². The van der Waals surface area contributed by atoms with Gasteiger partial charge in [-0.3, -0.25) is 13.9 Å². The second-order valence-corrected chi connectivity index (χ2v) is 13.4. The standard InChI is InChI=1S/C30H31Cl3F3N3O4S/c1-5-27(29(41)37-18(2)3)38(16-22-24(31)7-6-8-25(22)32)28(40)17-39(44(42,43)21-12-9-19(4)10-13-21)20-11-14-26(33)23(15-20)30(34,35)36/h6-15,18,27H,5,16-17H2,1-4H3,(H,37,41)/t27-/m1/s1. The summed E-state index contributed by atoms with van der Waals surface area (Å²) in [5, 5.41) is 2.50. The van der Waals surface area contributed by atoms with Crippen molar-refractivity contribution in [3.63, 3.8) is 0 Å². The van der Waals surface area contributed by atoms with Crippen molar-refractivity contribution in [1.29, 1.82) is 0 Å². The van der Waals surface area contributed by atoms with Gasteiger partial charge in [-0.05, 0) is 69.7 Å². The van der Waals surface area contributed by atoms with Gasteiger partial charge in [0.15, 0.2) is 0 Å². The molecule has 3 aromatic carbocycles. The van der Waals surface area contributed by atoms with Crippen LogP contribution in [0.25, 0.3) is 0 Å². The van der Waals surface area contributed by atoms with Gasteiger partial charge >= 0.3 is 6.18 Å². The lowest BCUT2D eigenvalue weighted by Crippen LogP contribution is -2.53. The number of sulfonamides is 1. The van der Waals surface area contributed by atoms with E-state index in [2.05, 4.69) is 5.32 Å². The largest absolute Gasteiger partial charge is 0.417 e. The van der Waals surface area contributed by atoms with Gasteiger partial charge < -0.3 is 10.2 Å². The number of benzene rings is 3. The molecule has 0 radical (unpaired) electrons. The third kappa shape index (κ3) is 8.38. The molecule has 0 aliphatic carbocycles. The van der Waals surface area contributed by atoms with Crippen LogP contribution >= 0.6 is 34.8 Å². The summed E-state index contributed by atoms with van der Waals surface area (Å²) in [5.41, 5.74) is -0.692. The maximum absolute atomic E-state index is 14.1. The van der Waals surface area contributed by atoms with Crippen molar-refractivity contribution < 1.29 is 31.2 Å². The number of hydrogen-bond donors (Lipinski definition) is 1. The van der Waals surface area contributed by atoms with Crippen LogP contribution in [0.4, 0.5) is 18.9 Å². The molecular formula is C30H31Cl3F3N3O4S. The molecule has 238 valence electrons. The predicted molar refractivity (Wildman–Crippen MR) is 167 cm³/mol. The number of nitrogens with zero attached hydrogens (tertiary/aromatic N) is 2. The second-order valence-electron chi connectivity index (χ2n) is 10.3. The minimum absolute atomic E-state index is 0.121. The van der Waals surface area contributed by atoms with Gasteiger partial charge in [0, 0.05) is 28.2 Å². The van der Waals surface area contributed by atoms with Crippen LogP contribution in [0.1, 0.15) is 43.9 Å². The van der Waals surface area contributed by atoms with E-state index in [1.54, 1.807) is 45.9 Å². The van der Waals surface area contributed by atoms with Gasteiger partial charge in [0.05, 0.1) is 21.2 Å². The van der Waals surface area contributed by atoms with E-state index >= 15 is 0 Å². The zero-order valence-corrected chi connectivity index (χ0v) is 27.3. The van der Waals surface area contributed by atoms with Crippen molar-refractivity contribution in [2.24, 2.45) is 0 Å². The fourth-order valence-electron chi connectivity index (χ4n) is 4.41. The summed E-state index contributed by atoms with van der Waals surface area (Å²) in [5.74, 6) is -1.40. The van der Waals surface area contributed by atoms with E-state index in [0.29, 0.717) is 15.9 Å². The summed E-state index contributed by atoms with van der Waals surface area (Å²) in [7, 11) is -4.61. The molecule has 0 heterocycles. The number of aryl methyl sites for hydroxylation is 1. The molecule has 3 aromatic rings. The van der Waals surface area contributed by atoms with Gasteiger partial charge in [0.25, 0.3) is 10.0 Å². The first-order chi connectivity index (χ1) is 20.5. The van der Waals surface area contributed by atoms with Gasteiger partial charge in [-0.2, -0.15) is 13.2 Å². The molecule has 1 N–H and O–H groups in total. The zero-order chi connectivity index (χ0) is 33.0. The lowest BCUT2D eigenvalue weighted by molar-refractivity contribution is -0.140. The number of hydrogen-bond acceptors (Lipinski definition) is 4. The third-order valence-electron chi connectivity index (χ3n) is 6.64. The lowest BCUT2D eigenvalue weighted by Gasteiger charge is -2.34. The summed E-state index contributed by atoms with van der Waals surface area (Å²) in [6.45, 7) is 5.62. The number of nitrogens with one attached hydrogen (secondary N) is 1. The normalized spacial score (nSPS) is 12.6. The molecule has 0 spiro atoms. The number of anilines is 1. The Morgan fingerprint density at radius 2 is 1.52 bits per heavy atom. The highest BCUT2D eigenvalue weighted by Crippen LogP contribution is 2.38. The highest BCUT2D eigenvalue weighted by atomic mass is 35.5. The van der Waals surface area contributed by atoms with E-state index < -0.39 is 56.9 Å². The highest BCUT2D eigenvalue weighted by molar-refractivity contribution is 7.92. The molecule has 0 aromatic heterocycles. The van der Waals surface area contributed by atoms with Gasteiger partial charge in [-0.1, -0.05) is 65.5 Å². The van der Waals surface area contributed by atoms with Crippen molar-refractivity contribution in [1.82, 2.24) is 10.2 Å². The van der Waals surface area contributed by atoms with Crippen LogP contribution in [0.3, 0.4) is 0 Å². The van der Waals surface area contributed by atoms with Crippen molar-refractivity contribution in [3.8, 4) is 0 Å². The van der Waals surface area contributed by atoms with Crippen LogP contribution in [-0.4, -0.2) is 43.8 Å². The fourth-order valence-corrected chi connectivity index (χ4v) is 6.55. The van der Waals surface area contributed by atoms with Crippen LogP contribution in [0, 0.1) is 6.92 Å². The molecule has 0 fully saturated rings. The van der Waals surface area contributed by atoms with Gasteiger partial charge in [0.1, 0.15) is 12.6 Å². The Balaban J connectivity index is 2.19. The Kier molecular flexibility index (Phi) is 11.6. The maximum atomic E-state index is 14.1. The molecule has 0 saturated heterocycles. The fraction of sp³-hybridized carbons (Fsp3) is 0.333. The topological polar surface area (TPSA) is 86.8 Å². The molecule has 0 unspecified atom stereocenters. The molecule has 3 rings (SSSR count). The van der Waals surface area contributed by atoms with Crippen molar-refractivity contribution in [2.75, 3.05) is 10.8 Å². The average molecular weight is 693 g/mol. The van der Waals surface area contributed by atoms with E-state index in [1.165, 1.54) is 24.3 Å². The zero-order valence-electron chi connectivity index (χ0n) is 24.3. The van der Waals surface area contributed by atoms with E-state index in [4.69, 9.17) is 34.8 Å². The van der Waals surface area contributed by atoms with Crippen molar-refractivity contribution in [2.45, 2.75) is 63.8 Å². The first-order valence-corrected chi connectivity index (χ1v) is 16.0. The average Bonchev–Trinajstić information content (AvgIpc) is 2.92. The summed E-state index contributed by atoms with van der Waals surface area (Å²) in [6.07, 6.45) is -4.79. The monoisotopic (exact) mass is 691 g/mol. The van der Waals surface area contributed by atoms with Crippen LogP contribution in [0.15, 0.2) is 65.6 Å². The smallest absolute Gasteiger partial charge is 0.352 e. The Morgan fingerprint density at radius 3 is 2.05 bits per heavy atom. The molecular weight excluding hydrogens is 662 g/mol. The number of rotatable bonds is 11. The molecule has 7 nitrogen and oxygen atoms in total. The Labute approximate surface area is 269 Å². The Morgan fingerprint density at radius 1 is 0.932 bits per heavy atom. The quantitative estimate of drug-likeness (QED) is 0.226.